The maximum Gasteiger partial charge on any atom is 0.0755 e. The molecule has 3 nitrogen and oxygen atoms in total. The van der Waals surface area contributed by atoms with Crippen LogP contribution in [0.1, 0.15) is 44.5 Å². The van der Waals surface area contributed by atoms with Gasteiger partial charge >= 0.3 is 0 Å². The van der Waals surface area contributed by atoms with Crippen molar-refractivity contribution >= 4 is 60.7 Å². The number of aromatic nitrogens is 2. The summed E-state index contributed by atoms with van der Waals surface area (Å²) >= 11 is 0. The van der Waals surface area contributed by atoms with Crippen LogP contribution in [0.3, 0.4) is 0 Å². The minimum atomic E-state index is -0.625. The second-order valence-electron chi connectivity index (χ2n) is 22.6. The Morgan fingerprint density at radius 1 is 0.277 bits per heavy atom. The van der Waals surface area contributed by atoms with Crippen molar-refractivity contribution in [2.75, 3.05) is 4.90 Å². The van der Waals surface area contributed by atoms with Crippen molar-refractivity contribution in [1.29, 1.82) is 0 Å². The van der Waals surface area contributed by atoms with Crippen molar-refractivity contribution < 1.29 is 0 Å². The highest BCUT2D eigenvalue weighted by atomic mass is 15.1. The summed E-state index contributed by atoms with van der Waals surface area (Å²) in [7, 11) is 0. The average molecular weight is 1050 g/mol. The van der Waals surface area contributed by atoms with Gasteiger partial charge in [-0.05, 0) is 139 Å². The fourth-order valence-electron chi connectivity index (χ4n) is 15.6. The van der Waals surface area contributed by atoms with E-state index in [1.807, 2.05) is 0 Å². The monoisotopic (exact) mass is 1050 g/mol. The summed E-state index contributed by atoms with van der Waals surface area (Å²) in [4.78, 5) is 2.56. The Bertz CT molecular complexity index is 5110. The molecule has 18 rings (SSSR count). The molecule has 0 saturated heterocycles. The van der Waals surface area contributed by atoms with E-state index in [0.29, 0.717) is 0 Å². The predicted octanol–water partition coefficient (Wildman–Crippen LogP) is 20.1. The first-order chi connectivity index (χ1) is 41.2. The van der Waals surface area contributed by atoms with E-state index in [2.05, 4.69) is 323 Å². The highest BCUT2D eigenvalue weighted by Gasteiger charge is 2.52. The Kier molecular flexibility index (Phi) is 9.64. The quantitative estimate of drug-likeness (QED) is 0.155. The molecule has 15 aromatic rings. The second kappa shape index (κ2) is 17.4. The second-order valence-corrected chi connectivity index (χ2v) is 22.6. The van der Waals surface area contributed by atoms with Gasteiger partial charge in [0, 0.05) is 44.2 Å². The molecule has 0 bridgehead atoms. The molecule has 2 aliphatic carbocycles. The van der Waals surface area contributed by atoms with E-state index in [4.69, 9.17) is 0 Å². The summed E-state index contributed by atoms with van der Waals surface area (Å²) in [6.07, 6.45) is 0. The SMILES string of the molecule is c1ccc(-n2c3ccccc3c3ccc(-c4ccc(N(c5ccc6c(c5)C5(c7ccccc7-6)c6ccccc6-n6c7ccccc7c7cccc5c76)c5cccc6c5-c5ccccc5C6(c5ccccc5)c5ccccc5)cc4)cc32)cc1. The van der Waals surface area contributed by atoms with E-state index in [-0.39, 0.29) is 0 Å². The lowest BCUT2D eigenvalue weighted by Crippen LogP contribution is -2.33. The van der Waals surface area contributed by atoms with Crippen LogP contribution in [-0.2, 0) is 10.8 Å². The molecule has 1 aliphatic heterocycles. The van der Waals surface area contributed by atoms with E-state index in [9.17, 15) is 0 Å². The number of nitrogens with zero attached hydrogens (tertiary/aromatic N) is 3. The van der Waals surface area contributed by atoms with E-state index >= 15 is 0 Å². The predicted molar refractivity (Wildman–Crippen MR) is 343 cm³/mol. The molecule has 13 aromatic carbocycles. The minimum absolute atomic E-state index is 0.576. The topological polar surface area (TPSA) is 13.1 Å². The number of para-hydroxylation sites is 5. The summed E-state index contributed by atoms with van der Waals surface area (Å²) in [5.41, 5.74) is 26.9. The van der Waals surface area contributed by atoms with E-state index in [0.717, 1.165) is 28.3 Å². The molecule has 0 N–H and O–H groups in total. The third-order valence-corrected chi connectivity index (χ3v) is 18.8. The van der Waals surface area contributed by atoms with Crippen molar-refractivity contribution in [3.63, 3.8) is 0 Å². The first kappa shape index (κ1) is 46.1. The number of benzene rings is 13. The lowest BCUT2D eigenvalue weighted by Gasteiger charge is -2.40. The average Bonchev–Trinajstić information content (AvgIpc) is 1.72. The number of hydrogen-bond donors (Lipinski definition) is 0. The van der Waals surface area contributed by atoms with E-state index in [1.54, 1.807) is 0 Å². The molecule has 0 fully saturated rings. The van der Waals surface area contributed by atoms with Gasteiger partial charge in [0.2, 0.25) is 0 Å². The number of hydrogen-bond acceptors (Lipinski definition) is 1. The summed E-state index contributed by atoms with van der Waals surface area (Å²) in [6, 6.07) is 116. The Morgan fingerprint density at radius 3 is 1.54 bits per heavy atom. The fraction of sp³-hybridized carbons (Fsp3) is 0.0250. The molecule has 3 aliphatic rings. The number of fused-ring (bicyclic) bond motifs is 18. The third kappa shape index (κ3) is 6.12. The van der Waals surface area contributed by atoms with Gasteiger partial charge < -0.3 is 14.0 Å². The van der Waals surface area contributed by atoms with Crippen LogP contribution in [-0.4, -0.2) is 9.13 Å². The van der Waals surface area contributed by atoms with Gasteiger partial charge in [-0.1, -0.05) is 243 Å². The molecule has 1 spiro atoms. The summed E-state index contributed by atoms with van der Waals surface area (Å²) < 4.78 is 4.95. The Balaban J connectivity index is 0.898. The lowest BCUT2D eigenvalue weighted by molar-refractivity contribution is 0.748. The van der Waals surface area contributed by atoms with Crippen molar-refractivity contribution in [1.82, 2.24) is 9.13 Å². The van der Waals surface area contributed by atoms with E-state index in [1.165, 1.54) is 122 Å². The molecule has 83 heavy (non-hydrogen) atoms. The van der Waals surface area contributed by atoms with Gasteiger partial charge in [-0.2, -0.15) is 0 Å². The van der Waals surface area contributed by atoms with Crippen molar-refractivity contribution in [2.45, 2.75) is 10.8 Å². The minimum Gasteiger partial charge on any atom is -0.310 e. The van der Waals surface area contributed by atoms with Gasteiger partial charge in [0.1, 0.15) is 0 Å². The van der Waals surface area contributed by atoms with Gasteiger partial charge in [-0.3, -0.25) is 0 Å². The zero-order chi connectivity index (χ0) is 54.4. The molecule has 3 heteroatoms. The van der Waals surface area contributed by atoms with Gasteiger partial charge in [0.25, 0.3) is 0 Å². The fourth-order valence-corrected chi connectivity index (χ4v) is 15.6. The van der Waals surface area contributed by atoms with Crippen LogP contribution in [0.4, 0.5) is 17.1 Å². The third-order valence-electron chi connectivity index (χ3n) is 18.8. The van der Waals surface area contributed by atoms with Gasteiger partial charge in [-0.25, -0.2) is 0 Å². The number of rotatable bonds is 7. The first-order valence-corrected chi connectivity index (χ1v) is 28.9. The maximum absolute atomic E-state index is 2.56. The molecule has 2 aromatic heterocycles. The number of anilines is 3. The largest absolute Gasteiger partial charge is 0.310 e. The summed E-state index contributed by atoms with van der Waals surface area (Å²) in [5.74, 6) is 0. The summed E-state index contributed by atoms with van der Waals surface area (Å²) in [5, 5.41) is 5.03. The van der Waals surface area contributed by atoms with Crippen LogP contribution in [0, 0.1) is 0 Å². The Morgan fingerprint density at radius 2 is 0.795 bits per heavy atom. The van der Waals surface area contributed by atoms with Gasteiger partial charge in [0.15, 0.2) is 0 Å². The molecule has 1 atom stereocenters. The summed E-state index contributed by atoms with van der Waals surface area (Å²) in [6.45, 7) is 0. The smallest absolute Gasteiger partial charge is 0.0755 e. The Labute approximate surface area is 481 Å². The van der Waals surface area contributed by atoms with Crippen LogP contribution in [0.25, 0.3) is 88.4 Å². The van der Waals surface area contributed by atoms with Crippen molar-refractivity contribution in [2.24, 2.45) is 0 Å². The molecule has 386 valence electrons. The van der Waals surface area contributed by atoms with E-state index < -0.39 is 10.8 Å². The van der Waals surface area contributed by atoms with Crippen LogP contribution in [0.2, 0.25) is 0 Å². The highest BCUT2D eigenvalue weighted by molar-refractivity contribution is 6.13. The molecule has 3 heterocycles. The van der Waals surface area contributed by atoms with Crippen LogP contribution >= 0.6 is 0 Å². The highest BCUT2D eigenvalue weighted by Crippen LogP contribution is 2.63. The molecular weight excluding hydrogens is 1000 g/mol. The van der Waals surface area contributed by atoms with Crippen LogP contribution < -0.4 is 4.90 Å². The standard InChI is InChI=1S/C80H51N3/c1-4-22-54(23-5-1)79(55-24-6-2-7-25-55)67-34-15-11-31-65(67)77-69(79)36-21-41-75(77)81(57-45-42-52(43-46-57)53-44-48-63-61-29-12-17-38-72(61)82(76(63)50-53)56-26-8-3-9-27-56)58-47-49-60-59-28-10-14-33-66(59)80(71(60)51-58)68-35-16-19-40-74(68)83-73-39-18-13-30-62(73)64-32-20-37-70(80)78(64)83/h1-51H. The van der Waals surface area contributed by atoms with Crippen molar-refractivity contribution in [3.05, 3.63) is 354 Å². The zero-order valence-corrected chi connectivity index (χ0v) is 45.3. The zero-order valence-electron chi connectivity index (χ0n) is 45.3. The molecular formula is C80H51N3. The lowest BCUT2D eigenvalue weighted by atomic mass is 9.65. The normalized spacial score (nSPS) is 14.9. The molecule has 0 amide bonds. The molecule has 0 saturated carbocycles. The van der Waals surface area contributed by atoms with Crippen LogP contribution in [0.15, 0.2) is 309 Å². The van der Waals surface area contributed by atoms with Crippen LogP contribution in [0.5, 0.6) is 0 Å². The Hall–Kier alpha value is -10.7. The van der Waals surface area contributed by atoms with Crippen molar-refractivity contribution in [3.8, 4) is 44.8 Å². The molecule has 0 radical (unpaired) electrons. The van der Waals surface area contributed by atoms with Gasteiger partial charge in [0.05, 0.1) is 44.3 Å². The first-order valence-electron chi connectivity index (χ1n) is 28.9. The maximum atomic E-state index is 2.56. The molecule has 1 unspecified atom stereocenters. The van der Waals surface area contributed by atoms with Gasteiger partial charge in [-0.15, -0.1) is 0 Å².